The van der Waals surface area contributed by atoms with E-state index in [1.807, 2.05) is 19.1 Å². The molecule has 1 heterocycles. The van der Waals surface area contributed by atoms with Gasteiger partial charge in [-0.05, 0) is 36.8 Å². The Morgan fingerprint density at radius 1 is 1.04 bits per heavy atom. The predicted octanol–water partition coefficient (Wildman–Crippen LogP) is 5.82. The van der Waals surface area contributed by atoms with Crippen molar-refractivity contribution in [2.45, 2.75) is 33.7 Å². The Labute approximate surface area is 174 Å². The van der Waals surface area contributed by atoms with Crippen LogP contribution in [0.1, 0.15) is 37.9 Å². The van der Waals surface area contributed by atoms with Gasteiger partial charge >= 0.3 is 0 Å². The van der Waals surface area contributed by atoms with Crippen LogP contribution in [0.2, 0.25) is 10.0 Å². The molecule has 2 aromatic carbocycles. The zero-order valence-electron chi connectivity index (χ0n) is 16.1. The third-order valence-electron chi connectivity index (χ3n) is 4.71. The second-order valence-corrected chi connectivity index (χ2v) is 8.74. The Kier molecular flexibility index (Phi) is 5.30. The highest BCUT2D eigenvalue weighted by Gasteiger charge is 2.46. The molecule has 2 aromatic rings. The number of amides is 1. The van der Waals surface area contributed by atoms with Crippen LogP contribution in [0.3, 0.4) is 0 Å². The van der Waals surface area contributed by atoms with E-state index in [9.17, 15) is 14.7 Å². The van der Waals surface area contributed by atoms with Crippen LogP contribution in [0, 0.1) is 12.3 Å². The molecule has 3 rings (SSSR count). The number of aliphatic hydroxyl groups is 1. The number of Topliss-reactive ketones (excluding diaryl/α,β-unsaturated/α-hetero) is 1. The fraction of sp³-hybridized carbons (Fsp3) is 0.273. The smallest absolute Gasteiger partial charge is 0.294 e. The number of carbonyl (C=O) groups is 2. The van der Waals surface area contributed by atoms with E-state index in [1.165, 1.54) is 4.90 Å². The van der Waals surface area contributed by atoms with E-state index in [0.717, 1.165) is 5.56 Å². The van der Waals surface area contributed by atoms with Gasteiger partial charge in [0.05, 0.1) is 21.7 Å². The number of hydrogen-bond acceptors (Lipinski definition) is 3. The molecule has 1 aliphatic rings. The molecule has 146 valence electrons. The molecule has 0 spiro atoms. The average Bonchev–Trinajstić information content (AvgIpc) is 2.88. The van der Waals surface area contributed by atoms with Gasteiger partial charge in [-0.2, -0.15) is 0 Å². The van der Waals surface area contributed by atoms with E-state index in [0.29, 0.717) is 21.3 Å². The minimum Gasteiger partial charge on any atom is -0.503 e. The number of ketones is 1. The van der Waals surface area contributed by atoms with Crippen molar-refractivity contribution in [2.75, 3.05) is 4.90 Å². The molecule has 0 saturated carbocycles. The van der Waals surface area contributed by atoms with Crippen LogP contribution in [0.25, 0.3) is 0 Å². The minimum absolute atomic E-state index is 0.0662. The van der Waals surface area contributed by atoms with Gasteiger partial charge in [0.25, 0.3) is 5.91 Å². The van der Waals surface area contributed by atoms with E-state index in [-0.39, 0.29) is 11.4 Å². The third kappa shape index (κ3) is 3.54. The van der Waals surface area contributed by atoms with Crippen molar-refractivity contribution in [3.63, 3.8) is 0 Å². The first kappa shape index (κ1) is 20.4. The molecule has 1 unspecified atom stereocenters. The highest BCUT2D eigenvalue weighted by Crippen LogP contribution is 2.44. The second kappa shape index (κ2) is 7.26. The van der Waals surface area contributed by atoms with Crippen LogP contribution in [0.5, 0.6) is 0 Å². The SMILES string of the molecule is Cc1ccc(N2C(=O)C(O)=C(C(=O)C(C)(C)C)C2c2ccc(Cl)c(Cl)c2)cc1. The molecule has 0 aromatic heterocycles. The van der Waals surface area contributed by atoms with Gasteiger partial charge in [-0.25, -0.2) is 0 Å². The lowest BCUT2D eigenvalue weighted by Crippen LogP contribution is -2.32. The number of aryl methyl sites for hydroxylation is 1. The molecule has 0 bridgehead atoms. The summed E-state index contributed by atoms with van der Waals surface area (Å²) in [5.41, 5.74) is 1.50. The maximum atomic E-state index is 13.1. The summed E-state index contributed by atoms with van der Waals surface area (Å²) in [6.45, 7) is 7.19. The Morgan fingerprint density at radius 2 is 1.64 bits per heavy atom. The van der Waals surface area contributed by atoms with Gasteiger partial charge < -0.3 is 5.11 Å². The summed E-state index contributed by atoms with van der Waals surface area (Å²) < 4.78 is 0. The highest BCUT2D eigenvalue weighted by atomic mass is 35.5. The average molecular weight is 418 g/mol. The van der Waals surface area contributed by atoms with Crippen molar-refractivity contribution in [2.24, 2.45) is 5.41 Å². The van der Waals surface area contributed by atoms with Gasteiger partial charge in [-0.1, -0.05) is 67.7 Å². The van der Waals surface area contributed by atoms with Crippen molar-refractivity contribution < 1.29 is 14.7 Å². The summed E-state index contributed by atoms with van der Waals surface area (Å²) >= 11 is 12.2. The topological polar surface area (TPSA) is 57.6 Å². The Morgan fingerprint density at radius 3 is 2.18 bits per heavy atom. The first-order valence-corrected chi connectivity index (χ1v) is 9.61. The number of halogens is 2. The molecule has 28 heavy (non-hydrogen) atoms. The maximum absolute atomic E-state index is 13.1. The lowest BCUT2D eigenvalue weighted by molar-refractivity contribution is -0.123. The summed E-state index contributed by atoms with van der Waals surface area (Å²) in [4.78, 5) is 27.5. The number of carbonyl (C=O) groups excluding carboxylic acids is 2. The van der Waals surface area contributed by atoms with Crippen LogP contribution in [-0.2, 0) is 9.59 Å². The van der Waals surface area contributed by atoms with Gasteiger partial charge in [0.1, 0.15) is 0 Å². The molecule has 0 aliphatic carbocycles. The van der Waals surface area contributed by atoms with Crippen LogP contribution in [-0.4, -0.2) is 16.8 Å². The van der Waals surface area contributed by atoms with Crippen molar-refractivity contribution in [1.29, 1.82) is 0 Å². The zero-order chi connectivity index (χ0) is 20.8. The number of nitrogens with zero attached hydrogens (tertiary/aromatic N) is 1. The van der Waals surface area contributed by atoms with Crippen LogP contribution < -0.4 is 4.90 Å². The lowest BCUT2D eigenvalue weighted by Gasteiger charge is -2.29. The van der Waals surface area contributed by atoms with Crippen molar-refractivity contribution in [3.8, 4) is 0 Å². The second-order valence-electron chi connectivity index (χ2n) is 7.93. The summed E-state index contributed by atoms with van der Waals surface area (Å²) in [5, 5.41) is 11.3. The molecule has 1 aliphatic heterocycles. The first-order valence-electron chi connectivity index (χ1n) is 8.85. The van der Waals surface area contributed by atoms with Gasteiger partial charge in [-0.3, -0.25) is 14.5 Å². The number of rotatable bonds is 3. The summed E-state index contributed by atoms with van der Waals surface area (Å²) in [6.07, 6.45) is 0. The van der Waals surface area contributed by atoms with Crippen LogP contribution >= 0.6 is 23.2 Å². The molecule has 6 heteroatoms. The summed E-state index contributed by atoms with van der Waals surface area (Å²) in [5.74, 6) is -1.45. The van der Waals surface area contributed by atoms with Crippen molar-refractivity contribution in [3.05, 3.63) is 75.0 Å². The molecule has 0 saturated heterocycles. The first-order chi connectivity index (χ1) is 13.0. The van der Waals surface area contributed by atoms with Crippen molar-refractivity contribution >= 4 is 40.6 Å². The molecule has 4 nitrogen and oxygen atoms in total. The van der Waals surface area contributed by atoms with Gasteiger partial charge in [0, 0.05) is 11.1 Å². The summed E-state index contributed by atoms with van der Waals surface area (Å²) in [6, 6.07) is 11.5. The van der Waals surface area contributed by atoms with E-state index < -0.39 is 23.1 Å². The largest absolute Gasteiger partial charge is 0.503 e. The molecule has 1 atom stereocenters. The Bertz CT molecular complexity index is 988. The van der Waals surface area contributed by atoms with E-state index in [4.69, 9.17) is 23.2 Å². The van der Waals surface area contributed by atoms with E-state index in [1.54, 1.807) is 51.1 Å². The highest BCUT2D eigenvalue weighted by molar-refractivity contribution is 6.42. The van der Waals surface area contributed by atoms with Gasteiger partial charge in [0.15, 0.2) is 11.5 Å². The quantitative estimate of drug-likeness (QED) is 0.684. The maximum Gasteiger partial charge on any atom is 0.294 e. The number of anilines is 1. The fourth-order valence-corrected chi connectivity index (χ4v) is 3.52. The number of aliphatic hydroxyl groups excluding tert-OH is 1. The van der Waals surface area contributed by atoms with Crippen LogP contribution in [0.15, 0.2) is 53.8 Å². The normalized spacial score (nSPS) is 17.4. The molecular weight excluding hydrogens is 397 g/mol. The van der Waals surface area contributed by atoms with Gasteiger partial charge in [-0.15, -0.1) is 0 Å². The number of hydrogen-bond donors (Lipinski definition) is 1. The zero-order valence-corrected chi connectivity index (χ0v) is 17.6. The Hall–Kier alpha value is -2.30. The third-order valence-corrected chi connectivity index (χ3v) is 5.44. The minimum atomic E-state index is -0.795. The predicted molar refractivity (Wildman–Crippen MR) is 112 cm³/mol. The molecule has 0 radical (unpaired) electrons. The molecule has 1 N–H and O–H groups in total. The van der Waals surface area contributed by atoms with Gasteiger partial charge in [0.2, 0.25) is 0 Å². The molecular formula is C22H21Cl2NO3. The Balaban J connectivity index is 2.22. The van der Waals surface area contributed by atoms with E-state index in [2.05, 4.69) is 0 Å². The van der Waals surface area contributed by atoms with Crippen LogP contribution in [0.4, 0.5) is 5.69 Å². The number of benzene rings is 2. The monoisotopic (exact) mass is 417 g/mol. The fourth-order valence-electron chi connectivity index (χ4n) is 3.21. The molecule has 1 amide bonds. The van der Waals surface area contributed by atoms with E-state index >= 15 is 0 Å². The van der Waals surface area contributed by atoms with Crippen molar-refractivity contribution in [1.82, 2.24) is 0 Å². The molecule has 0 fully saturated rings. The lowest BCUT2D eigenvalue weighted by atomic mass is 9.82. The standard InChI is InChI=1S/C22H21Cl2NO3/c1-12-5-8-14(9-6-12)25-18(13-7-10-15(23)16(24)11-13)17(19(26)21(25)28)20(27)22(2,3)4/h5-11,18,26H,1-4H3. The summed E-state index contributed by atoms with van der Waals surface area (Å²) in [7, 11) is 0.